The van der Waals surface area contributed by atoms with Crippen molar-refractivity contribution in [3.63, 3.8) is 0 Å². The highest BCUT2D eigenvalue weighted by atomic mass is 32.1. The molecule has 0 saturated heterocycles. The summed E-state index contributed by atoms with van der Waals surface area (Å²) in [6.07, 6.45) is 9.29. The molecule has 1 heterocycles. The standard InChI is InChI=1S/C28H36N2OS/c1-16-5-9-22(17(2)15-16)29-26-30-23-12-14-27(3)20-11-13-28(4)19(8-10-24(28)31)18(20)6-7-21(27)25(23)32-26/h5,9,15,18-21H,6-8,10-14H2,1-4H3,(H,29,30)/t18-,19-,20-,21?,27+,28-/m0/s1. The van der Waals surface area contributed by atoms with Crippen LogP contribution in [-0.2, 0) is 11.2 Å². The van der Waals surface area contributed by atoms with Crippen molar-refractivity contribution >= 4 is 27.9 Å². The van der Waals surface area contributed by atoms with E-state index in [9.17, 15) is 4.79 Å². The van der Waals surface area contributed by atoms with Crippen LogP contribution in [0.3, 0.4) is 0 Å². The molecule has 4 aliphatic carbocycles. The first-order chi connectivity index (χ1) is 15.3. The van der Waals surface area contributed by atoms with Gasteiger partial charge in [-0.05, 0) is 93.6 Å². The van der Waals surface area contributed by atoms with E-state index in [2.05, 4.69) is 51.2 Å². The van der Waals surface area contributed by atoms with E-state index in [-0.39, 0.29) is 5.41 Å². The molecule has 0 aliphatic heterocycles. The van der Waals surface area contributed by atoms with Crippen LogP contribution in [0.25, 0.3) is 0 Å². The van der Waals surface area contributed by atoms with Crippen LogP contribution in [0.15, 0.2) is 18.2 Å². The zero-order chi connectivity index (χ0) is 22.3. The molecular weight excluding hydrogens is 412 g/mol. The van der Waals surface area contributed by atoms with Crippen LogP contribution in [0.1, 0.15) is 86.4 Å². The molecular formula is C28H36N2OS. The molecule has 0 bridgehead atoms. The van der Waals surface area contributed by atoms with E-state index in [0.29, 0.717) is 23.0 Å². The van der Waals surface area contributed by atoms with Gasteiger partial charge >= 0.3 is 0 Å². The maximum atomic E-state index is 12.7. The van der Waals surface area contributed by atoms with Gasteiger partial charge in [0.05, 0.1) is 5.69 Å². The van der Waals surface area contributed by atoms with E-state index in [1.807, 2.05) is 11.3 Å². The Bertz CT molecular complexity index is 1090. The fourth-order valence-corrected chi connectivity index (χ4v) is 9.66. The number of Topliss-reactive ketones (excluding diaryl/α,β-unsaturated/α-hetero) is 1. The Morgan fingerprint density at radius 2 is 1.88 bits per heavy atom. The molecule has 1 aromatic carbocycles. The highest BCUT2D eigenvalue weighted by Gasteiger charge is 2.60. The molecule has 6 atom stereocenters. The second kappa shape index (κ2) is 7.16. The molecule has 4 heteroatoms. The predicted molar refractivity (Wildman–Crippen MR) is 132 cm³/mol. The van der Waals surface area contributed by atoms with Gasteiger partial charge in [-0.2, -0.15) is 0 Å². The molecule has 3 fully saturated rings. The van der Waals surface area contributed by atoms with Crippen molar-refractivity contribution in [2.45, 2.75) is 85.0 Å². The van der Waals surface area contributed by atoms with Crippen LogP contribution in [0, 0.1) is 42.4 Å². The molecule has 6 rings (SSSR count). The van der Waals surface area contributed by atoms with Crippen LogP contribution in [0.2, 0.25) is 0 Å². The Kier molecular flexibility index (Phi) is 4.67. The number of hydrogen-bond acceptors (Lipinski definition) is 4. The number of thiazole rings is 1. The Labute approximate surface area is 196 Å². The van der Waals surface area contributed by atoms with Gasteiger partial charge < -0.3 is 5.32 Å². The number of benzene rings is 1. The van der Waals surface area contributed by atoms with Gasteiger partial charge in [-0.15, -0.1) is 11.3 Å². The number of nitrogens with zero attached hydrogens (tertiary/aromatic N) is 1. The molecule has 0 radical (unpaired) electrons. The number of carbonyl (C=O) groups is 1. The van der Waals surface area contributed by atoms with Crippen LogP contribution < -0.4 is 5.32 Å². The molecule has 0 amide bonds. The second-order valence-corrected chi connectivity index (χ2v) is 12.7. The third kappa shape index (κ3) is 2.90. The number of ketones is 1. The van der Waals surface area contributed by atoms with Crippen molar-refractivity contribution in [2.75, 3.05) is 5.32 Å². The van der Waals surface area contributed by atoms with Crippen LogP contribution in [-0.4, -0.2) is 10.8 Å². The van der Waals surface area contributed by atoms with Gasteiger partial charge in [-0.25, -0.2) is 4.98 Å². The van der Waals surface area contributed by atoms with Gasteiger partial charge in [0.1, 0.15) is 5.78 Å². The third-order valence-electron chi connectivity index (χ3n) is 10.1. The van der Waals surface area contributed by atoms with Crippen molar-refractivity contribution in [3.8, 4) is 0 Å². The smallest absolute Gasteiger partial charge is 0.187 e. The highest BCUT2D eigenvalue weighted by Crippen LogP contribution is 2.67. The Balaban J connectivity index is 1.29. The zero-order valence-corrected chi connectivity index (χ0v) is 20.8. The topological polar surface area (TPSA) is 42.0 Å². The van der Waals surface area contributed by atoms with E-state index in [1.54, 1.807) is 4.88 Å². The molecule has 1 N–H and O–H groups in total. The van der Waals surface area contributed by atoms with Crippen LogP contribution in [0.5, 0.6) is 0 Å². The molecule has 4 aliphatic rings. The number of carbonyl (C=O) groups excluding carboxylic acids is 1. The van der Waals surface area contributed by atoms with Crippen LogP contribution >= 0.6 is 11.3 Å². The van der Waals surface area contributed by atoms with Crippen LogP contribution in [0.4, 0.5) is 10.8 Å². The SMILES string of the molecule is Cc1ccc(Nc2nc3c(s2)C2CC[C@@H]4[C@H](CC[C@]5(C)C(=O)CC[C@@H]45)[C@@]2(C)CC3)c(C)c1. The minimum atomic E-state index is -0.0162. The van der Waals surface area contributed by atoms with Gasteiger partial charge in [0.2, 0.25) is 0 Å². The zero-order valence-electron chi connectivity index (χ0n) is 20.0. The summed E-state index contributed by atoms with van der Waals surface area (Å²) in [5, 5.41) is 4.69. The molecule has 2 aromatic rings. The summed E-state index contributed by atoms with van der Waals surface area (Å²) in [6, 6.07) is 6.59. The maximum Gasteiger partial charge on any atom is 0.187 e. The minimum Gasteiger partial charge on any atom is -0.331 e. The van der Waals surface area contributed by atoms with Gasteiger partial charge in [0.15, 0.2) is 5.13 Å². The van der Waals surface area contributed by atoms with E-state index in [4.69, 9.17) is 4.98 Å². The summed E-state index contributed by atoms with van der Waals surface area (Å²) in [6.45, 7) is 9.20. The Morgan fingerprint density at radius 1 is 1.03 bits per heavy atom. The minimum absolute atomic E-state index is 0.0162. The van der Waals surface area contributed by atoms with Gasteiger partial charge in [-0.3, -0.25) is 4.79 Å². The summed E-state index contributed by atoms with van der Waals surface area (Å²) in [7, 11) is 0. The van der Waals surface area contributed by atoms with Gasteiger partial charge in [0, 0.05) is 28.3 Å². The van der Waals surface area contributed by atoms with E-state index >= 15 is 0 Å². The molecule has 1 unspecified atom stereocenters. The van der Waals surface area contributed by atoms with Crippen molar-refractivity contribution in [3.05, 3.63) is 39.9 Å². The molecule has 32 heavy (non-hydrogen) atoms. The van der Waals surface area contributed by atoms with Crippen molar-refractivity contribution in [2.24, 2.45) is 28.6 Å². The summed E-state index contributed by atoms with van der Waals surface area (Å²) in [4.78, 5) is 19.3. The molecule has 3 nitrogen and oxygen atoms in total. The van der Waals surface area contributed by atoms with Crippen molar-refractivity contribution in [1.29, 1.82) is 0 Å². The lowest BCUT2D eigenvalue weighted by atomic mass is 9.46. The lowest BCUT2D eigenvalue weighted by Crippen LogP contribution is -2.52. The van der Waals surface area contributed by atoms with Gasteiger partial charge in [-0.1, -0.05) is 31.5 Å². The van der Waals surface area contributed by atoms with Gasteiger partial charge in [0.25, 0.3) is 0 Å². The normalized spacial score (nSPS) is 37.9. The fraction of sp³-hybridized carbons (Fsp3) is 0.643. The largest absolute Gasteiger partial charge is 0.331 e. The van der Waals surface area contributed by atoms with Crippen molar-refractivity contribution < 1.29 is 4.79 Å². The fourth-order valence-electron chi connectivity index (χ4n) is 8.34. The van der Waals surface area contributed by atoms with E-state index < -0.39 is 0 Å². The average Bonchev–Trinajstić information content (AvgIpc) is 3.30. The summed E-state index contributed by atoms with van der Waals surface area (Å²) >= 11 is 1.91. The lowest BCUT2D eigenvalue weighted by Gasteiger charge is -2.59. The summed E-state index contributed by atoms with van der Waals surface area (Å²) in [5.74, 6) is 3.36. The average molecular weight is 449 g/mol. The quantitative estimate of drug-likeness (QED) is 0.522. The Morgan fingerprint density at radius 3 is 2.69 bits per heavy atom. The second-order valence-electron chi connectivity index (χ2n) is 11.7. The lowest BCUT2D eigenvalue weighted by molar-refractivity contribution is -0.134. The molecule has 0 spiro atoms. The molecule has 1 aromatic heterocycles. The predicted octanol–water partition coefficient (Wildman–Crippen LogP) is 7.35. The number of rotatable bonds is 2. The van der Waals surface area contributed by atoms with E-state index in [1.165, 1.54) is 48.2 Å². The number of aryl methyl sites for hydroxylation is 3. The van der Waals surface area contributed by atoms with Crippen molar-refractivity contribution in [1.82, 2.24) is 4.98 Å². The first kappa shape index (κ1) is 20.9. The number of fused-ring (bicyclic) bond motifs is 7. The number of hydrogen-bond donors (Lipinski definition) is 1. The first-order valence-corrected chi connectivity index (χ1v) is 13.5. The maximum absolute atomic E-state index is 12.7. The first-order valence-electron chi connectivity index (χ1n) is 12.7. The summed E-state index contributed by atoms with van der Waals surface area (Å²) < 4.78 is 0. The highest BCUT2D eigenvalue weighted by molar-refractivity contribution is 7.15. The Hall–Kier alpha value is -1.68. The summed E-state index contributed by atoms with van der Waals surface area (Å²) in [5.41, 5.74) is 5.45. The molecule has 170 valence electrons. The third-order valence-corrected chi connectivity index (χ3v) is 11.3. The number of anilines is 2. The number of nitrogens with one attached hydrogen (secondary N) is 1. The van der Waals surface area contributed by atoms with E-state index in [0.717, 1.165) is 42.7 Å². The molecule has 3 saturated carbocycles. The monoisotopic (exact) mass is 448 g/mol. The number of aromatic nitrogens is 1.